The number of nitriles is 1. The van der Waals surface area contributed by atoms with Gasteiger partial charge >= 0.3 is 0 Å². The maximum Gasteiger partial charge on any atom is 0.232 e. The van der Waals surface area contributed by atoms with Crippen LogP contribution in [-0.4, -0.2) is 26.6 Å². The predicted octanol–water partition coefficient (Wildman–Crippen LogP) is 1.82. The van der Waals surface area contributed by atoms with E-state index in [1.165, 1.54) is 6.07 Å². The van der Waals surface area contributed by atoms with Crippen molar-refractivity contribution < 1.29 is 9.52 Å². The number of oxazole rings is 1. The normalized spacial score (nSPS) is 11.2. The third kappa shape index (κ3) is 2.84. The molecule has 0 amide bonds. The Bertz CT molecular complexity index is 967. The lowest BCUT2D eigenvalue weighted by atomic mass is 10.2. The zero-order valence-electron chi connectivity index (χ0n) is 12.2. The van der Waals surface area contributed by atoms with E-state index in [-0.39, 0.29) is 17.4 Å². The van der Waals surface area contributed by atoms with Crippen molar-refractivity contribution in [2.75, 3.05) is 5.43 Å². The summed E-state index contributed by atoms with van der Waals surface area (Å²) in [5.41, 5.74) is 9.22. The van der Waals surface area contributed by atoms with E-state index in [0.717, 1.165) is 0 Å². The lowest BCUT2D eigenvalue weighted by molar-refractivity contribution is 0.474. The van der Waals surface area contributed by atoms with Crippen LogP contribution in [0, 0.1) is 16.7 Å². The first-order valence-electron chi connectivity index (χ1n) is 6.71. The molecule has 9 nitrogen and oxygen atoms in total. The minimum Gasteiger partial charge on any atom is -0.507 e. The van der Waals surface area contributed by atoms with Gasteiger partial charge in [0.1, 0.15) is 11.8 Å². The molecule has 118 valence electrons. The van der Waals surface area contributed by atoms with Crippen LogP contribution in [0.5, 0.6) is 5.75 Å². The average Bonchev–Trinajstić information content (AvgIpc) is 2.98. The highest BCUT2D eigenvalue weighted by molar-refractivity contribution is 6.45. The zero-order chi connectivity index (χ0) is 17.1. The molecule has 0 radical (unpaired) electrons. The third-order valence-electron chi connectivity index (χ3n) is 3.05. The standard InChI is InChI=1S/C15H11N7O2/c16-7-10(13(17)18)22-21-8-3-4-9(11(23)6-8)15-20-14-12(24-15)2-1-5-19-14/h1-6,21,23H,(H3,17,18)/b22-10+. The lowest BCUT2D eigenvalue weighted by Crippen LogP contribution is -2.21. The fraction of sp³-hybridized carbons (Fsp3) is 0. The van der Waals surface area contributed by atoms with Gasteiger partial charge in [-0.1, -0.05) is 0 Å². The number of aromatic hydroxyl groups is 1. The van der Waals surface area contributed by atoms with Crippen LogP contribution >= 0.6 is 0 Å². The summed E-state index contributed by atoms with van der Waals surface area (Å²) in [7, 11) is 0. The Morgan fingerprint density at radius 1 is 1.42 bits per heavy atom. The molecular weight excluding hydrogens is 310 g/mol. The molecule has 0 saturated carbocycles. The fourth-order valence-corrected chi connectivity index (χ4v) is 1.93. The molecule has 2 aromatic heterocycles. The quantitative estimate of drug-likeness (QED) is 0.324. The number of phenols is 1. The van der Waals surface area contributed by atoms with Crippen molar-refractivity contribution in [3.8, 4) is 23.3 Å². The number of nitrogens with zero attached hydrogens (tertiary/aromatic N) is 4. The van der Waals surface area contributed by atoms with E-state index in [9.17, 15) is 5.11 Å². The Kier molecular flexibility index (Phi) is 3.78. The molecule has 24 heavy (non-hydrogen) atoms. The van der Waals surface area contributed by atoms with Gasteiger partial charge in [0.2, 0.25) is 11.6 Å². The number of nitrogens with two attached hydrogens (primary N) is 1. The highest BCUT2D eigenvalue weighted by Gasteiger charge is 2.13. The number of hydrogen-bond donors (Lipinski definition) is 4. The monoisotopic (exact) mass is 321 g/mol. The van der Waals surface area contributed by atoms with Crippen molar-refractivity contribution in [1.82, 2.24) is 9.97 Å². The number of nitrogens with one attached hydrogen (secondary N) is 2. The van der Waals surface area contributed by atoms with Crippen LogP contribution in [0.4, 0.5) is 5.69 Å². The van der Waals surface area contributed by atoms with E-state index in [4.69, 9.17) is 20.8 Å². The molecule has 1 aromatic carbocycles. The maximum atomic E-state index is 10.2. The summed E-state index contributed by atoms with van der Waals surface area (Å²) in [5, 5.41) is 29.8. The summed E-state index contributed by atoms with van der Waals surface area (Å²) in [4.78, 5) is 8.28. The first kappa shape index (κ1) is 15.0. The second-order valence-corrected chi connectivity index (χ2v) is 4.67. The van der Waals surface area contributed by atoms with Crippen molar-refractivity contribution >= 4 is 28.5 Å². The Morgan fingerprint density at radius 2 is 2.25 bits per heavy atom. The highest BCUT2D eigenvalue weighted by Crippen LogP contribution is 2.32. The van der Waals surface area contributed by atoms with Gasteiger partial charge in [-0.2, -0.15) is 15.3 Å². The molecule has 3 rings (SSSR count). The molecule has 0 spiro atoms. The predicted molar refractivity (Wildman–Crippen MR) is 87.5 cm³/mol. The van der Waals surface area contributed by atoms with E-state index in [1.54, 1.807) is 36.5 Å². The number of amidine groups is 1. The van der Waals surface area contributed by atoms with E-state index in [0.29, 0.717) is 22.5 Å². The fourth-order valence-electron chi connectivity index (χ4n) is 1.93. The number of aromatic nitrogens is 2. The molecular formula is C15H11N7O2. The summed E-state index contributed by atoms with van der Waals surface area (Å²) in [5.74, 6) is -0.314. The Hall–Kier alpha value is -3.93. The maximum absolute atomic E-state index is 10.2. The van der Waals surface area contributed by atoms with Crippen molar-refractivity contribution in [2.45, 2.75) is 0 Å². The Morgan fingerprint density at radius 3 is 2.92 bits per heavy atom. The SMILES string of the molecule is N#C/C(=N\Nc1ccc(-c2nc3ncccc3o2)c(O)c1)C(=N)N. The molecule has 0 aliphatic carbocycles. The highest BCUT2D eigenvalue weighted by atomic mass is 16.4. The Balaban J connectivity index is 1.90. The van der Waals surface area contributed by atoms with Gasteiger partial charge in [0, 0.05) is 12.3 Å². The van der Waals surface area contributed by atoms with Crippen LogP contribution in [0.15, 0.2) is 46.0 Å². The molecule has 5 N–H and O–H groups in total. The van der Waals surface area contributed by atoms with E-state index in [1.807, 2.05) is 0 Å². The molecule has 0 atom stereocenters. The van der Waals surface area contributed by atoms with Crippen LogP contribution in [0.2, 0.25) is 0 Å². The topological polar surface area (TPSA) is 157 Å². The second-order valence-electron chi connectivity index (χ2n) is 4.67. The molecule has 9 heteroatoms. The summed E-state index contributed by atoms with van der Waals surface area (Å²) in [6.07, 6.45) is 1.60. The number of anilines is 1. The lowest BCUT2D eigenvalue weighted by Gasteiger charge is -2.04. The van der Waals surface area contributed by atoms with Gasteiger partial charge < -0.3 is 15.3 Å². The summed E-state index contributed by atoms with van der Waals surface area (Å²) in [6.45, 7) is 0. The number of benzene rings is 1. The number of pyridine rings is 1. The minimum atomic E-state index is -0.454. The third-order valence-corrected chi connectivity index (χ3v) is 3.05. The van der Waals surface area contributed by atoms with Crippen molar-refractivity contribution in [3.05, 3.63) is 36.5 Å². The molecule has 0 saturated heterocycles. The molecule has 0 unspecified atom stereocenters. The van der Waals surface area contributed by atoms with Crippen LogP contribution in [0.25, 0.3) is 22.7 Å². The van der Waals surface area contributed by atoms with Gasteiger partial charge in [0.05, 0.1) is 11.3 Å². The summed E-state index contributed by atoms with van der Waals surface area (Å²) < 4.78 is 5.55. The molecule has 3 aromatic rings. The molecule has 0 fully saturated rings. The van der Waals surface area contributed by atoms with Gasteiger partial charge in [-0.05, 0) is 24.3 Å². The number of fused-ring (bicyclic) bond motifs is 1. The summed E-state index contributed by atoms with van der Waals surface area (Å²) in [6, 6.07) is 9.71. The Labute approximate surface area is 135 Å². The van der Waals surface area contributed by atoms with Gasteiger partial charge in [-0.25, -0.2) is 4.98 Å². The van der Waals surface area contributed by atoms with Gasteiger partial charge in [-0.3, -0.25) is 10.8 Å². The van der Waals surface area contributed by atoms with Crippen LogP contribution in [-0.2, 0) is 0 Å². The van der Waals surface area contributed by atoms with Gasteiger partial charge in [-0.15, -0.1) is 0 Å². The van der Waals surface area contributed by atoms with Crippen LogP contribution in [0.3, 0.4) is 0 Å². The molecule has 0 aliphatic heterocycles. The number of rotatable bonds is 4. The molecule has 2 heterocycles. The van der Waals surface area contributed by atoms with Crippen molar-refractivity contribution in [2.24, 2.45) is 10.8 Å². The van der Waals surface area contributed by atoms with Crippen molar-refractivity contribution in [1.29, 1.82) is 10.7 Å². The molecule has 0 bridgehead atoms. The van der Waals surface area contributed by atoms with Crippen molar-refractivity contribution in [3.63, 3.8) is 0 Å². The number of phenolic OH excluding ortho intramolecular Hbond substituents is 1. The van der Waals surface area contributed by atoms with Crippen LogP contribution in [0.1, 0.15) is 0 Å². The largest absolute Gasteiger partial charge is 0.507 e. The first-order chi connectivity index (χ1) is 11.6. The number of hydrogen-bond acceptors (Lipinski definition) is 8. The zero-order valence-corrected chi connectivity index (χ0v) is 12.2. The molecule has 0 aliphatic rings. The smallest absolute Gasteiger partial charge is 0.232 e. The van der Waals surface area contributed by atoms with Gasteiger partial charge in [0.15, 0.2) is 17.1 Å². The van der Waals surface area contributed by atoms with E-state index >= 15 is 0 Å². The number of hydrazone groups is 1. The summed E-state index contributed by atoms with van der Waals surface area (Å²) >= 11 is 0. The first-order valence-corrected chi connectivity index (χ1v) is 6.71. The average molecular weight is 321 g/mol. The minimum absolute atomic E-state index is 0.0944. The van der Waals surface area contributed by atoms with Crippen LogP contribution < -0.4 is 11.2 Å². The second kappa shape index (κ2) is 6.05. The van der Waals surface area contributed by atoms with E-state index in [2.05, 4.69) is 20.5 Å². The van der Waals surface area contributed by atoms with Gasteiger partial charge in [0.25, 0.3) is 0 Å². The van der Waals surface area contributed by atoms with E-state index < -0.39 is 5.84 Å².